The van der Waals surface area contributed by atoms with E-state index in [0.29, 0.717) is 40.5 Å². The lowest BCUT2D eigenvalue weighted by atomic mass is 10.1. The van der Waals surface area contributed by atoms with Crippen molar-refractivity contribution in [2.24, 2.45) is 0 Å². The number of carbonyl (C=O) groups excluding carboxylic acids is 1. The van der Waals surface area contributed by atoms with Crippen LogP contribution >= 0.6 is 11.8 Å². The number of benzene rings is 3. The third-order valence-corrected chi connectivity index (χ3v) is 7.81. The molecule has 0 radical (unpaired) electrons. The van der Waals surface area contributed by atoms with Crippen LogP contribution in [0.1, 0.15) is 31.4 Å². The molecule has 0 unspecified atom stereocenters. The Morgan fingerprint density at radius 3 is 2.39 bits per heavy atom. The van der Waals surface area contributed by atoms with Gasteiger partial charge in [0.2, 0.25) is 12.7 Å². The summed E-state index contributed by atoms with van der Waals surface area (Å²) in [5.41, 5.74) is 3.13. The predicted molar refractivity (Wildman–Crippen MR) is 149 cm³/mol. The van der Waals surface area contributed by atoms with Crippen LogP contribution in [0.2, 0.25) is 0 Å². The zero-order valence-electron chi connectivity index (χ0n) is 21.5. The first kappa shape index (κ1) is 25.7. The molecule has 0 bridgehead atoms. The number of methoxy groups -OCH3 is 1. The van der Waals surface area contributed by atoms with Crippen LogP contribution in [-0.4, -0.2) is 34.6 Å². The summed E-state index contributed by atoms with van der Waals surface area (Å²) >= 11 is 1.28. The molecule has 5 rings (SSSR count). The van der Waals surface area contributed by atoms with Crippen molar-refractivity contribution in [2.75, 3.05) is 19.2 Å². The summed E-state index contributed by atoms with van der Waals surface area (Å²) in [6, 6.07) is 18.7. The van der Waals surface area contributed by atoms with Gasteiger partial charge in [-0.2, -0.15) is 0 Å². The molecule has 0 spiro atoms. The van der Waals surface area contributed by atoms with Crippen molar-refractivity contribution < 1.29 is 19.0 Å². The molecule has 0 aliphatic carbocycles. The van der Waals surface area contributed by atoms with Crippen LogP contribution < -0.4 is 25.1 Å². The van der Waals surface area contributed by atoms with E-state index < -0.39 is 5.25 Å². The molecule has 38 heavy (non-hydrogen) atoms. The highest BCUT2D eigenvalue weighted by Gasteiger charge is 2.24. The number of hydrogen-bond donors (Lipinski definition) is 1. The average molecular weight is 532 g/mol. The number of aryl methyl sites for hydroxylation is 1. The zero-order chi connectivity index (χ0) is 26.6. The van der Waals surface area contributed by atoms with Gasteiger partial charge in [0.1, 0.15) is 5.75 Å². The Labute approximate surface area is 224 Å². The fourth-order valence-corrected chi connectivity index (χ4v) is 5.24. The van der Waals surface area contributed by atoms with Gasteiger partial charge < -0.3 is 19.5 Å². The Balaban J connectivity index is 1.50. The molecule has 1 aromatic heterocycles. The first-order valence-corrected chi connectivity index (χ1v) is 13.4. The lowest BCUT2D eigenvalue weighted by molar-refractivity contribution is -0.115. The van der Waals surface area contributed by atoms with Crippen LogP contribution in [0.3, 0.4) is 0 Å². The molecule has 0 fully saturated rings. The molecular formula is C29H29N3O5S. The van der Waals surface area contributed by atoms with Gasteiger partial charge in [0.25, 0.3) is 5.56 Å². The predicted octanol–water partition coefficient (Wildman–Crippen LogP) is 5.25. The highest BCUT2D eigenvalue weighted by atomic mass is 32.2. The molecule has 4 aromatic rings. The smallest absolute Gasteiger partial charge is 0.262 e. The van der Waals surface area contributed by atoms with Crippen molar-refractivity contribution in [3.63, 3.8) is 0 Å². The number of ether oxygens (including phenoxy) is 3. The molecule has 1 amide bonds. The van der Waals surface area contributed by atoms with Gasteiger partial charge in [-0.1, -0.05) is 49.9 Å². The quantitative estimate of drug-likeness (QED) is 0.233. The summed E-state index contributed by atoms with van der Waals surface area (Å²) in [6.07, 6.45) is 1.49. The van der Waals surface area contributed by atoms with E-state index in [2.05, 4.69) is 12.2 Å². The topological polar surface area (TPSA) is 91.7 Å². The van der Waals surface area contributed by atoms with Crippen LogP contribution in [0, 0.1) is 0 Å². The van der Waals surface area contributed by atoms with Crippen molar-refractivity contribution in [2.45, 2.75) is 43.6 Å². The average Bonchev–Trinajstić information content (AvgIpc) is 3.41. The van der Waals surface area contributed by atoms with E-state index in [9.17, 15) is 9.59 Å². The Hall–Kier alpha value is -3.98. The largest absolute Gasteiger partial charge is 0.497 e. The molecular weight excluding hydrogens is 502 g/mol. The fraction of sp³-hybridized carbons (Fsp3) is 0.276. The van der Waals surface area contributed by atoms with Crippen molar-refractivity contribution in [3.8, 4) is 17.2 Å². The number of fused-ring (bicyclic) bond motifs is 2. The first-order valence-electron chi connectivity index (χ1n) is 12.5. The lowest BCUT2D eigenvalue weighted by Crippen LogP contribution is -2.28. The standard InChI is InChI=1S/C29H29N3O5S/c1-4-18-6-10-20(11-7-18)30-27(33)26(5-2)38-29-31-23-15-25-24(36-17-37-25)14-22(23)28(34)32(29)16-19-8-12-21(35-3)13-9-19/h6-15,26H,4-5,16-17H2,1-3H3,(H,30,33)/t26-/m1/s1. The Morgan fingerprint density at radius 2 is 1.74 bits per heavy atom. The summed E-state index contributed by atoms with van der Waals surface area (Å²) in [6.45, 7) is 4.43. The number of hydrogen-bond acceptors (Lipinski definition) is 7. The molecule has 8 nitrogen and oxygen atoms in total. The molecule has 196 valence electrons. The molecule has 1 aliphatic rings. The second-order valence-corrected chi connectivity index (χ2v) is 10.1. The number of anilines is 1. The van der Waals surface area contributed by atoms with Crippen LogP contribution in [0.25, 0.3) is 10.9 Å². The summed E-state index contributed by atoms with van der Waals surface area (Å²) in [5, 5.41) is 3.44. The monoisotopic (exact) mass is 531 g/mol. The minimum atomic E-state index is -0.457. The maximum absolute atomic E-state index is 13.8. The number of nitrogens with zero attached hydrogens (tertiary/aromatic N) is 2. The lowest BCUT2D eigenvalue weighted by Gasteiger charge is -2.18. The van der Waals surface area contributed by atoms with E-state index in [4.69, 9.17) is 19.2 Å². The number of nitrogens with one attached hydrogen (secondary N) is 1. The van der Waals surface area contributed by atoms with Crippen LogP contribution in [0.15, 0.2) is 70.6 Å². The number of carbonyl (C=O) groups is 1. The highest BCUT2D eigenvalue weighted by Crippen LogP contribution is 2.35. The van der Waals surface area contributed by atoms with Crippen LogP contribution in [-0.2, 0) is 17.8 Å². The van der Waals surface area contributed by atoms with Gasteiger partial charge in [0.15, 0.2) is 16.7 Å². The van der Waals surface area contributed by atoms with Gasteiger partial charge in [-0.05, 0) is 54.3 Å². The molecule has 1 atom stereocenters. The van der Waals surface area contributed by atoms with Crippen molar-refractivity contribution in [1.82, 2.24) is 9.55 Å². The second kappa shape index (κ2) is 11.2. The second-order valence-electron chi connectivity index (χ2n) is 8.91. The van der Waals surface area contributed by atoms with Gasteiger partial charge >= 0.3 is 0 Å². The van der Waals surface area contributed by atoms with Gasteiger partial charge in [-0.25, -0.2) is 4.98 Å². The Kier molecular flexibility index (Phi) is 7.55. The molecule has 9 heteroatoms. The Morgan fingerprint density at radius 1 is 1.05 bits per heavy atom. The summed E-state index contributed by atoms with van der Waals surface area (Å²) in [5.74, 6) is 1.66. The molecule has 2 heterocycles. The van der Waals surface area contributed by atoms with Crippen molar-refractivity contribution in [1.29, 1.82) is 0 Å². The number of amides is 1. The third kappa shape index (κ3) is 5.33. The summed E-state index contributed by atoms with van der Waals surface area (Å²) in [7, 11) is 1.61. The Bertz CT molecular complexity index is 1520. The van der Waals surface area contributed by atoms with Crippen molar-refractivity contribution >= 4 is 34.3 Å². The van der Waals surface area contributed by atoms with Crippen LogP contribution in [0.5, 0.6) is 17.2 Å². The minimum Gasteiger partial charge on any atom is -0.497 e. The SMILES string of the molecule is CCc1ccc(NC(=O)[C@@H](CC)Sc2nc3cc4c(cc3c(=O)n2Cc2ccc(OC)cc2)OCO4)cc1. The van der Waals surface area contributed by atoms with Gasteiger partial charge in [-0.15, -0.1) is 0 Å². The van der Waals surface area contributed by atoms with E-state index >= 15 is 0 Å². The summed E-state index contributed by atoms with van der Waals surface area (Å²) < 4.78 is 17.9. The van der Waals surface area contributed by atoms with Gasteiger partial charge in [-0.3, -0.25) is 14.2 Å². The molecule has 3 aromatic carbocycles. The number of rotatable bonds is 9. The van der Waals surface area contributed by atoms with Gasteiger partial charge in [0, 0.05) is 11.8 Å². The third-order valence-electron chi connectivity index (χ3n) is 6.45. The number of aromatic nitrogens is 2. The van der Waals surface area contributed by atoms with Crippen LogP contribution in [0.4, 0.5) is 5.69 Å². The minimum absolute atomic E-state index is 0.102. The van der Waals surface area contributed by atoms with E-state index in [0.717, 1.165) is 23.4 Å². The highest BCUT2D eigenvalue weighted by molar-refractivity contribution is 8.00. The van der Waals surface area contributed by atoms with Gasteiger partial charge in [0.05, 0.1) is 29.8 Å². The first-order chi connectivity index (χ1) is 18.5. The maximum atomic E-state index is 13.8. The molecule has 0 saturated heterocycles. The zero-order valence-corrected chi connectivity index (χ0v) is 22.3. The molecule has 1 N–H and O–H groups in total. The maximum Gasteiger partial charge on any atom is 0.262 e. The normalized spacial score (nSPS) is 12.9. The fourth-order valence-electron chi connectivity index (χ4n) is 4.23. The van der Waals surface area contributed by atoms with E-state index in [1.54, 1.807) is 23.8 Å². The van der Waals surface area contributed by atoms with E-state index in [1.165, 1.54) is 17.3 Å². The van der Waals surface area contributed by atoms with E-state index in [1.807, 2.05) is 55.5 Å². The van der Waals surface area contributed by atoms with Crippen molar-refractivity contribution in [3.05, 3.63) is 82.1 Å². The molecule has 0 saturated carbocycles. The van der Waals surface area contributed by atoms with E-state index in [-0.39, 0.29) is 18.3 Å². The molecule has 1 aliphatic heterocycles. The summed E-state index contributed by atoms with van der Waals surface area (Å²) in [4.78, 5) is 31.8. The number of thioether (sulfide) groups is 1.